The number of rotatable bonds is 1. The van der Waals surface area contributed by atoms with Crippen LogP contribution in [0.2, 0.25) is 0 Å². The Labute approximate surface area is 150 Å². The third-order valence-electron chi connectivity index (χ3n) is 6.13. The van der Waals surface area contributed by atoms with Crippen LogP contribution in [0.5, 0.6) is 0 Å². The van der Waals surface area contributed by atoms with Gasteiger partial charge in [-0.05, 0) is 47.9 Å². The van der Waals surface area contributed by atoms with E-state index in [9.17, 15) is 15.8 Å². The van der Waals surface area contributed by atoms with Crippen molar-refractivity contribution < 1.29 is 0 Å². The Kier molecular flexibility index (Phi) is 3.48. The van der Waals surface area contributed by atoms with E-state index in [2.05, 4.69) is 36.2 Å². The van der Waals surface area contributed by atoms with Crippen LogP contribution in [0.15, 0.2) is 39.7 Å². The molecule has 0 radical (unpaired) electrons. The van der Waals surface area contributed by atoms with Gasteiger partial charge in [0.15, 0.2) is 5.41 Å². The predicted octanol–water partition coefficient (Wildman–Crippen LogP) is 2.63. The van der Waals surface area contributed by atoms with Gasteiger partial charge in [-0.15, -0.1) is 0 Å². The van der Waals surface area contributed by atoms with E-state index in [1.807, 2.05) is 16.8 Å². The van der Waals surface area contributed by atoms with Gasteiger partial charge >= 0.3 is 0 Å². The van der Waals surface area contributed by atoms with Crippen LogP contribution in [0, 0.1) is 45.3 Å². The first-order valence-electron chi connectivity index (χ1n) is 8.28. The van der Waals surface area contributed by atoms with Crippen molar-refractivity contribution in [1.82, 2.24) is 4.90 Å². The Morgan fingerprint density at radius 2 is 2.04 bits per heavy atom. The first-order chi connectivity index (χ1) is 12.1. The summed E-state index contributed by atoms with van der Waals surface area (Å²) in [6.45, 7) is 0. The highest BCUT2D eigenvalue weighted by atomic mass is 32.1. The third kappa shape index (κ3) is 1.89. The molecule has 1 aromatic heterocycles. The molecule has 0 aromatic carbocycles. The molecule has 1 fully saturated rings. The molecule has 1 aromatic rings. The second kappa shape index (κ2) is 5.46. The zero-order valence-corrected chi connectivity index (χ0v) is 14.6. The molecular formula is C19H17N5S. The summed E-state index contributed by atoms with van der Waals surface area (Å²) in [6, 6.07) is 9.06. The van der Waals surface area contributed by atoms with Crippen molar-refractivity contribution >= 4 is 11.3 Å². The molecule has 2 bridgehead atoms. The molecule has 4 rings (SSSR count). The Hall–Kier alpha value is -2.59. The number of hydrogen-bond donors (Lipinski definition) is 1. The molecule has 0 amide bonds. The highest BCUT2D eigenvalue weighted by Crippen LogP contribution is 2.58. The summed E-state index contributed by atoms with van der Waals surface area (Å²) in [5, 5.41) is 33.7. The van der Waals surface area contributed by atoms with E-state index in [0.29, 0.717) is 11.6 Å². The van der Waals surface area contributed by atoms with Crippen LogP contribution < -0.4 is 5.73 Å². The van der Waals surface area contributed by atoms with Crippen molar-refractivity contribution in [3.05, 3.63) is 45.3 Å². The van der Waals surface area contributed by atoms with E-state index in [4.69, 9.17) is 5.73 Å². The van der Waals surface area contributed by atoms with Crippen molar-refractivity contribution in [2.75, 3.05) is 7.05 Å². The Morgan fingerprint density at radius 3 is 2.64 bits per heavy atom. The van der Waals surface area contributed by atoms with Gasteiger partial charge in [-0.2, -0.15) is 27.1 Å². The molecule has 1 saturated heterocycles. The quantitative estimate of drug-likeness (QED) is 0.841. The van der Waals surface area contributed by atoms with Gasteiger partial charge in [0, 0.05) is 23.9 Å². The summed E-state index contributed by atoms with van der Waals surface area (Å²) in [7, 11) is 2.09. The van der Waals surface area contributed by atoms with Crippen LogP contribution in [-0.2, 0) is 0 Å². The van der Waals surface area contributed by atoms with Crippen molar-refractivity contribution in [2.24, 2.45) is 17.1 Å². The molecule has 2 N–H and O–H groups in total. The maximum atomic E-state index is 9.99. The number of likely N-dealkylation sites (N-methyl/N-ethyl adjacent to an activating group) is 1. The highest BCUT2D eigenvalue weighted by Gasteiger charge is 2.58. The standard InChI is InChI=1S/C19H17N5S/c1-24-12-2-3-15(24)16-13(6-12)14(7-20)18(23)19(9-21,10-22)17(16)11-4-5-25-8-11/h4-6,8,12,15-17H,2-3,23H2,1H3/t12-,15-,16-,17-/m1/s1. The average Bonchev–Trinajstić information content (AvgIpc) is 3.21. The van der Waals surface area contributed by atoms with Crippen molar-refractivity contribution in [2.45, 2.75) is 30.8 Å². The maximum Gasteiger partial charge on any atom is 0.191 e. The summed E-state index contributed by atoms with van der Waals surface area (Å²) >= 11 is 1.55. The first-order valence-corrected chi connectivity index (χ1v) is 9.22. The number of nitrogens with two attached hydrogens (primary N) is 1. The predicted molar refractivity (Wildman–Crippen MR) is 93.7 cm³/mol. The van der Waals surface area contributed by atoms with Gasteiger partial charge in [-0.1, -0.05) is 6.08 Å². The van der Waals surface area contributed by atoms with Gasteiger partial charge in [0.2, 0.25) is 0 Å². The normalized spacial score (nSPS) is 33.0. The number of nitriles is 3. The van der Waals surface area contributed by atoms with Crippen LogP contribution in [0.25, 0.3) is 0 Å². The molecule has 5 nitrogen and oxygen atoms in total. The molecular weight excluding hydrogens is 330 g/mol. The number of allylic oxidation sites excluding steroid dienone is 2. The van der Waals surface area contributed by atoms with Crippen molar-refractivity contribution in [3.8, 4) is 18.2 Å². The fourth-order valence-corrected chi connectivity index (χ4v) is 5.61. The Balaban J connectivity index is 2.05. The molecule has 6 heteroatoms. The van der Waals surface area contributed by atoms with Crippen LogP contribution in [0.4, 0.5) is 0 Å². The van der Waals surface area contributed by atoms with Gasteiger partial charge in [0.05, 0.1) is 23.4 Å². The van der Waals surface area contributed by atoms with E-state index in [0.717, 1.165) is 24.0 Å². The number of thiophene rings is 1. The molecule has 1 aliphatic carbocycles. The van der Waals surface area contributed by atoms with Crippen LogP contribution >= 0.6 is 11.3 Å². The summed E-state index contributed by atoms with van der Waals surface area (Å²) in [4.78, 5) is 2.32. The summed E-state index contributed by atoms with van der Waals surface area (Å²) in [5.41, 5.74) is 7.14. The van der Waals surface area contributed by atoms with Crippen molar-refractivity contribution in [1.29, 1.82) is 15.8 Å². The molecule has 25 heavy (non-hydrogen) atoms. The molecule has 0 spiro atoms. The molecule has 3 aliphatic rings. The summed E-state index contributed by atoms with van der Waals surface area (Å²) in [5.74, 6) is -0.428. The first kappa shape index (κ1) is 15.9. The average molecular weight is 347 g/mol. The third-order valence-corrected chi connectivity index (χ3v) is 6.83. The number of hydrogen-bond acceptors (Lipinski definition) is 6. The lowest BCUT2D eigenvalue weighted by Crippen LogP contribution is -2.51. The highest BCUT2D eigenvalue weighted by molar-refractivity contribution is 7.08. The summed E-state index contributed by atoms with van der Waals surface area (Å²) < 4.78 is 0. The SMILES string of the molecule is CN1[C@@H]2CC[C@@H]1C=C1C(C#N)=C(N)C(C#N)(C#N)[C@H](c3ccsc3)[C@H]12. The molecule has 2 aliphatic heterocycles. The molecule has 124 valence electrons. The largest absolute Gasteiger partial charge is 0.399 e. The van der Waals surface area contributed by atoms with Gasteiger partial charge in [0.25, 0.3) is 0 Å². The molecule has 3 heterocycles. The minimum absolute atomic E-state index is 0.0698. The maximum absolute atomic E-state index is 9.99. The van der Waals surface area contributed by atoms with Crippen LogP contribution in [0.3, 0.4) is 0 Å². The van der Waals surface area contributed by atoms with Crippen molar-refractivity contribution in [3.63, 3.8) is 0 Å². The van der Waals surface area contributed by atoms with Gasteiger partial charge in [0.1, 0.15) is 6.07 Å². The van der Waals surface area contributed by atoms with Crippen LogP contribution in [0.1, 0.15) is 24.3 Å². The zero-order chi connectivity index (χ0) is 17.8. The fourth-order valence-electron chi connectivity index (χ4n) is 4.91. The molecule has 0 saturated carbocycles. The zero-order valence-electron chi connectivity index (χ0n) is 13.8. The lowest BCUT2D eigenvalue weighted by Gasteiger charge is -2.48. The lowest BCUT2D eigenvalue weighted by molar-refractivity contribution is 0.161. The van der Waals surface area contributed by atoms with E-state index in [1.54, 1.807) is 11.3 Å². The lowest BCUT2D eigenvalue weighted by atomic mass is 9.56. The minimum atomic E-state index is -1.51. The van der Waals surface area contributed by atoms with Gasteiger partial charge in [-0.25, -0.2) is 0 Å². The monoisotopic (exact) mass is 347 g/mol. The number of nitrogens with zero attached hydrogens (tertiary/aromatic N) is 4. The fraction of sp³-hybridized carbons (Fsp3) is 0.421. The van der Waals surface area contributed by atoms with Crippen LogP contribution in [-0.4, -0.2) is 24.0 Å². The molecule has 4 atom stereocenters. The topological polar surface area (TPSA) is 101 Å². The number of fused-ring (bicyclic) bond motifs is 4. The van der Waals surface area contributed by atoms with E-state index >= 15 is 0 Å². The second-order valence-electron chi connectivity index (χ2n) is 6.99. The molecule has 0 unspecified atom stereocenters. The Morgan fingerprint density at radius 1 is 1.28 bits per heavy atom. The summed E-state index contributed by atoms with van der Waals surface area (Å²) in [6.07, 6.45) is 4.16. The van der Waals surface area contributed by atoms with E-state index in [1.165, 1.54) is 0 Å². The van der Waals surface area contributed by atoms with E-state index in [-0.39, 0.29) is 23.6 Å². The smallest absolute Gasteiger partial charge is 0.191 e. The Bertz CT molecular complexity index is 891. The second-order valence-corrected chi connectivity index (χ2v) is 7.77. The van der Waals surface area contributed by atoms with E-state index < -0.39 is 5.41 Å². The van der Waals surface area contributed by atoms with Gasteiger partial charge < -0.3 is 5.73 Å². The van der Waals surface area contributed by atoms with Gasteiger partial charge in [-0.3, -0.25) is 4.90 Å². The minimum Gasteiger partial charge on any atom is -0.399 e.